The largest absolute Gasteiger partial charge is 0.356 e. The quantitative estimate of drug-likeness (QED) is 0.589. The third kappa shape index (κ3) is 1.31. The number of carbonyl (C=O) groups excluding carboxylic acids is 1. The molecule has 0 radical (unpaired) electrons. The molecule has 2 nitrogen and oxygen atoms in total. The van der Waals surface area contributed by atoms with Crippen LogP contribution in [0.1, 0.15) is 23.0 Å². The summed E-state index contributed by atoms with van der Waals surface area (Å²) >= 11 is 0. The summed E-state index contributed by atoms with van der Waals surface area (Å²) in [6.07, 6.45) is 0. The second kappa shape index (κ2) is 3.37. The Labute approximate surface area is 89.1 Å². The van der Waals surface area contributed by atoms with Gasteiger partial charge in [0.15, 0.2) is 17.4 Å². The first-order valence-electron chi connectivity index (χ1n) is 4.60. The van der Waals surface area contributed by atoms with E-state index in [1.807, 2.05) is 0 Å². The zero-order valence-electron chi connectivity index (χ0n) is 8.62. The second-order valence-corrected chi connectivity index (χ2v) is 3.59. The maximum Gasteiger partial charge on any atom is 0.169 e. The molecule has 16 heavy (non-hydrogen) atoms. The molecule has 1 N–H and O–H groups in total. The number of fused-ring (bicyclic) bond motifs is 1. The zero-order valence-corrected chi connectivity index (χ0v) is 8.62. The van der Waals surface area contributed by atoms with E-state index in [2.05, 4.69) is 4.98 Å². The van der Waals surface area contributed by atoms with Crippen LogP contribution >= 0.6 is 0 Å². The second-order valence-electron chi connectivity index (χ2n) is 3.59. The maximum absolute atomic E-state index is 13.5. The fourth-order valence-electron chi connectivity index (χ4n) is 1.83. The van der Waals surface area contributed by atoms with Crippen molar-refractivity contribution >= 4 is 16.7 Å². The Balaban J connectivity index is 3.02. The average molecular weight is 227 g/mol. The van der Waals surface area contributed by atoms with Gasteiger partial charge in [0.05, 0.1) is 10.9 Å². The summed E-state index contributed by atoms with van der Waals surface area (Å²) in [6.45, 7) is 2.73. The Hall–Kier alpha value is -1.78. The summed E-state index contributed by atoms with van der Waals surface area (Å²) in [6, 6.07) is 0.456. The van der Waals surface area contributed by atoms with E-state index in [1.165, 1.54) is 13.8 Å². The molecule has 2 rings (SSSR count). The van der Waals surface area contributed by atoms with Gasteiger partial charge in [0.25, 0.3) is 0 Å². The molecule has 0 fully saturated rings. The molecule has 1 heterocycles. The number of halogens is 3. The third-order valence-corrected chi connectivity index (χ3v) is 2.46. The summed E-state index contributed by atoms with van der Waals surface area (Å²) in [5, 5.41) is -0.317. The van der Waals surface area contributed by atoms with E-state index >= 15 is 0 Å². The fraction of sp³-hybridized carbons (Fsp3) is 0.182. The lowest BCUT2D eigenvalue weighted by Gasteiger charge is -1.99. The average Bonchev–Trinajstić information content (AvgIpc) is 2.53. The number of hydrogen-bond acceptors (Lipinski definition) is 1. The molecule has 1 aromatic heterocycles. The lowest BCUT2D eigenvalue weighted by molar-refractivity contribution is 0.101. The summed E-state index contributed by atoms with van der Waals surface area (Å²) in [5.41, 5.74) is 0.137. The molecule has 0 spiro atoms. The molecule has 0 bridgehead atoms. The standard InChI is InChI=1S/C11H8F3NO/c1-4-8(5(2)16)9-10(14)6(12)3-7(13)11(9)15-4/h3,15H,1-2H3. The minimum absolute atomic E-state index is 0.00843. The topological polar surface area (TPSA) is 32.9 Å². The van der Waals surface area contributed by atoms with Crippen molar-refractivity contribution in [2.75, 3.05) is 0 Å². The molecule has 0 saturated carbocycles. The first-order valence-corrected chi connectivity index (χ1v) is 4.60. The molecule has 0 unspecified atom stereocenters. The van der Waals surface area contributed by atoms with Crippen molar-refractivity contribution in [3.8, 4) is 0 Å². The third-order valence-electron chi connectivity index (χ3n) is 2.46. The number of aryl methyl sites for hydroxylation is 1. The monoisotopic (exact) mass is 227 g/mol. The number of aromatic amines is 1. The number of nitrogens with one attached hydrogen (secondary N) is 1. The van der Waals surface area contributed by atoms with Gasteiger partial charge in [0, 0.05) is 17.3 Å². The highest BCUT2D eigenvalue weighted by atomic mass is 19.2. The number of H-pyrrole nitrogens is 1. The number of aromatic nitrogens is 1. The SMILES string of the molecule is CC(=O)c1c(C)[nH]c2c(F)cc(F)c(F)c12. The molecule has 0 aliphatic rings. The molecular weight excluding hydrogens is 219 g/mol. The first kappa shape index (κ1) is 10.7. The van der Waals surface area contributed by atoms with Crippen LogP contribution in [0, 0.1) is 24.4 Å². The van der Waals surface area contributed by atoms with Gasteiger partial charge in [-0.05, 0) is 13.8 Å². The van der Waals surface area contributed by atoms with Gasteiger partial charge in [-0.15, -0.1) is 0 Å². The Morgan fingerprint density at radius 1 is 1.25 bits per heavy atom. The van der Waals surface area contributed by atoms with Crippen LogP contribution in [-0.4, -0.2) is 10.8 Å². The molecule has 2 aromatic rings. The fourth-order valence-corrected chi connectivity index (χ4v) is 1.83. The number of ketones is 1. The summed E-state index contributed by atoms with van der Waals surface area (Å²) in [5.74, 6) is -3.85. The predicted octanol–water partition coefficient (Wildman–Crippen LogP) is 3.10. The van der Waals surface area contributed by atoms with Gasteiger partial charge in [0.1, 0.15) is 5.82 Å². The number of carbonyl (C=O) groups is 1. The molecule has 0 aliphatic heterocycles. The smallest absolute Gasteiger partial charge is 0.169 e. The van der Waals surface area contributed by atoms with Crippen molar-refractivity contribution in [3.63, 3.8) is 0 Å². The molecule has 1 aromatic carbocycles. The number of hydrogen-bond donors (Lipinski definition) is 1. The van der Waals surface area contributed by atoms with Crippen LogP contribution in [0.15, 0.2) is 6.07 Å². The van der Waals surface area contributed by atoms with E-state index in [-0.39, 0.29) is 16.5 Å². The summed E-state index contributed by atoms with van der Waals surface area (Å²) in [7, 11) is 0. The minimum Gasteiger partial charge on any atom is -0.356 e. The molecule has 5 heteroatoms. The molecule has 84 valence electrons. The van der Waals surface area contributed by atoms with E-state index in [1.54, 1.807) is 0 Å². The van der Waals surface area contributed by atoms with Crippen LogP contribution in [0.25, 0.3) is 10.9 Å². The number of benzene rings is 1. The predicted molar refractivity (Wildman–Crippen MR) is 52.9 cm³/mol. The highest BCUT2D eigenvalue weighted by molar-refractivity contribution is 6.08. The zero-order chi connectivity index (χ0) is 12.0. The van der Waals surface area contributed by atoms with Gasteiger partial charge < -0.3 is 4.98 Å². The van der Waals surface area contributed by atoms with Gasteiger partial charge in [-0.1, -0.05) is 0 Å². The van der Waals surface area contributed by atoms with Crippen LogP contribution in [0.2, 0.25) is 0 Å². The molecule has 0 aliphatic carbocycles. The summed E-state index contributed by atoms with van der Waals surface area (Å²) in [4.78, 5) is 13.8. The normalized spacial score (nSPS) is 11.1. The molecular formula is C11H8F3NO. The van der Waals surface area contributed by atoms with E-state index in [4.69, 9.17) is 0 Å². The van der Waals surface area contributed by atoms with Gasteiger partial charge in [0.2, 0.25) is 0 Å². The Morgan fingerprint density at radius 2 is 1.88 bits per heavy atom. The van der Waals surface area contributed by atoms with Gasteiger partial charge >= 0.3 is 0 Å². The van der Waals surface area contributed by atoms with Crippen LogP contribution in [0.4, 0.5) is 13.2 Å². The number of Topliss-reactive ketones (excluding diaryl/α,β-unsaturated/α-hetero) is 1. The lowest BCUT2D eigenvalue weighted by Crippen LogP contribution is -1.96. The molecule has 0 saturated heterocycles. The molecule has 0 atom stereocenters. The first-order chi connectivity index (χ1) is 7.43. The highest BCUT2D eigenvalue weighted by Crippen LogP contribution is 2.29. The van der Waals surface area contributed by atoms with Crippen LogP contribution < -0.4 is 0 Å². The van der Waals surface area contributed by atoms with Crippen molar-refractivity contribution in [2.45, 2.75) is 13.8 Å². The van der Waals surface area contributed by atoms with Crippen molar-refractivity contribution in [3.05, 3.63) is 34.8 Å². The van der Waals surface area contributed by atoms with E-state index in [0.29, 0.717) is 11.8 Å². The van der Waals surface area contributed by atoms with Crippen LogP contribution in [0.3, 0.4) is 0 Å². The Bertz CT molecular complexity index is 601. The van der Waals surface area contributed by atoms with E-state index < -0.39 is 23.2 Å². The Morgan fingerprint density at radius 3 is 2.44 bits per heavy atom. The maximum atomic E-state index is 13.5. The van der Waals surface area contributed by atoms with Crippen molar-refractivity contribution in [1.82, 2.24) is 4.98 Å². The van der Waals surface area contributed by atoms with Crippen LogP contribution in [-0.2, 0) is 0 Å². The van der Waals surface area contributed by atoms with Crippen LogP contribution in [0.5, 0.6) is 0 Å². The van der Waals surface area contributed by atoms with Gasteiger partial charge in [-0.25, -0.2) is 13.2 Å². The van der Waals surface area contributed by atoms with Crippen molar-refractivity contribution < 1.29 is 18.0 Å². The minimum atomic E-state index is -1.30. The summed E-state index contributed by atoms with van der Waals surface area (Å²) < 4.78 is 39.9. The lowest BCUT2D eigenvalue weighted by atomic mass is 10.1. The highest BCUT2D eigenvalue weighted by Gasteiger charge is 2.21. The van der Waals surface area contributed by atoms with Gasteiger partial charge in [-0.3, -0.25) is 4.79 Å². The van der Waals surface area contributed by atoms with E-state index in [9.17, 15) is 18.0 Å². The molecule has 0 amide bonds. The number of rotatable bonds is 1. The van der Waals surface area contributed by atoms with Crippen molar-refractivity contribution in [2.24, 2.45) is 0 Å². The van der Waals surface area contributed by atoms with E-state index in [0.717, 1.165) is 0 Å². The van der Waals surface area contributed by atoms with Crippen molar-refractivity contribution in [1.29, 1.82) is 0 Å². The Kier molecular flexibility index (Phi) is 2.26. The van der Waals surface area contributed by atoms with Gasteiger partial charge in [-0.2, -0.15) is 0 Å².